The van der Waals surface area contributed by atoms with Crippen LogP contribution >= 0.6 is 11.6 Å². The molecule has 2 aromatic carbocycles. The van der Waals surface area contributed by atoms with Crippen LogP contribution in [0.4, 0.5) is 28.7 Å². The minimum Gasteiger partial charge on any atom is -0.378 e. The fourth-order valence-electron chi connectivity index (χ4n) is 1.98. The first-order chi connectivity index (χ1) is 12.1. The van der Waals surface area contributed by atoms with Gasteiger partial charge in [-0.05, 0) is 42.5 Å². The van der Waals surface area contributed by atoms with Gasteiger partial charge < -0.3 is 9.88 Å². The Morgan fingerprint density at radius 3 is 2.28 bits per heavy atom. The molecule has 0 unspecified atom stereocenters. The molecule has 0 amide bonds. The number of imidazole rings is 1. The minimum absolute atomic E-state index is 0.432. The Morgan fingerprint density at radius 1 is 0.920 bits per heavy atom. The molecule has 0 saturated heterocycles. The molecule has 3 rings (SSSR count). The lowest BCUT2D eigenvalue weighted by atomic mass is 10.3. The number of hydrogen-bond acceptors (Lipinski definition) is 6. The van der Waals surface area contributed by atoms with Crippen molar-refractivity contribution in [3.05, 3.63) is 59.9 Å². The summed E-state index contributed by atoms with van der Waals surface area (Å²) in [5.74, 6) is 0.432. The van der Waals surface area contributed by atoms with Crippen LogP contribution in [0.2, 0.25) is 5.02 Å². The highest BCUT2D eigenvalue weighted by Crippen LogP contribution is 2.31. The Morgan fingerprint density at radius 2 is 1.64 bits per heavy atom. The zero-order valence-electron chi connectivity index (χ0n) is 13.8. The number of hydrogen-bond donors (Lipinski definition) is 1. The summed E-state index contributed by atoms with van der Waals surface area (Å²) in [4.78, 5) is 8.83. The number of aromatic nitrogens is 2. The van der Waals surface area contributed by atoms with Crippen molar-refractivity contribution in [3.8, 4) is 0 Å². The van der Waals surface area contributed by atoms with Crippen LogP contribution in [0.25, 0.3) is 0 Å². The van der Waals surface area contributed by atoms with Crippen molar-refractivity contribution in [2.75, 3.05) is 19.0 Å². The largest absolute Gasteiger partial charge is 0.378 e. The van der Waals surface area contributed by atoms with Gasteiger partial charge in [-0.25, -0.2) is 4.98 Å². The number of rotatable bonds is 5. The third kappa shape index (κ3) is 4.48. The first kappa shape index (κ1) is 16.8. The van der Waals surface area contributed by atoms with Crippen molar-refractivity contribution < 1.29 is 0 Å². The predicted molar refractivity (Wildman–Crippen MR) is 99.2 cm³/mol. The van der Waals surface area contributed by atoms with Crippen molar-refractivity contribution in [1.29, 1.82) is 0 Å². The molecule has 0 atom stereocenters. The smallest absolute Gasteiger partial charge is 0.246 e. The number of H-pyrrole nitrogens is 1. The summed E-state index contributed by atoms with van der Waals surface area (Å²) in [7, 11) is 3.97. The number of anilines is 1. The van der Waals surface area contributed by atoms with Crippen LogP contribution in [0.5, 0.6) is 0 Å². The van der Waals surface area contributed by atoms with E-state index in [4.69, 9.17) is 11.6 Å². The molecule has 0 saturated carbocycles. The quantitative estimate of drug-likeness (QED) is 0.574. The first-order valence-electron chi connectivity index (χ1n) is 7.51. The van der Waals surface area contributed by atoms with Crippen LogP contribution in [0.15, 0.2) is 75.3 Å². The predicted octanol–water partition coefficient (Wildman–Crippen LogP) is 5.96. The van der Waals surface area contributed by atoms with Crippen molar-refractivity contribution >= 4 is 40.3 Å². The van der Waals surface area contributed by atoms with E-state index in [9.17, 15) is 0 Å². The van der Waals surface area contributed by atoms with E-state index < -0.39 is 0 Å². The third-order valence-electron chi connectivity index (χ3n) is 3.31. The second-order valence-electron chi connectivity index (χ2n) is 5.36. The molecular formula is C17H16ClN7. The molecule has 0 radical (unpaired) electrons. The van der Waals surface area contributed by atoms with Crippen LogP contribution in [-0.2, 0) is 0 Å². The van der Waals surface area contributed by atoms with E-state index in [0.29, 0.717) is 22.3 Å². The van der Waals surface area contributed by atoms with E-state index in [2.05, 4.69) is 30.4 Å². The van der Waals surface area contributed by atoms with Gasteiger partial charge in [0.05, 0.1) is 16.4 Å². The second kappa shape index (κ2) is 7.67. The fourth-order valence-corrected chi connectivity index (χ4v) is 2.20. The second-order valence-corrected chi connectivity index (χ2v) is 5.77. The van der Waals surface area contributed by atoms with Gasteiger partial charge in [-0.3, -0.25) is 0 Å². The molecule has 0 spiro atoms. The number of nitrogens with one attached hydrogen (secondary N) is 1. The molecule has 0 aliphatic rings. The Labute approximate surface area is 150 Å². The third-order valence-corrected chi connectivity index (χ3v) is 3.62. The number of azo groups is 2. The van der Waals surface area contributed by atoms with Crippen LogP contribution < -0.4 is 4.90 Å². The van der Waals surface area contributed by atoms with E-state index in [1.165, 1.54) is 0 Å². The summed E-state index contributed by atoms with van der Waals surface area (Å²) in [6.07, 6.45) is 3.28. The maximum absolute atomic E-state index is 6.24. The zero-order valence-corrected chi connectivity index (χ0v) is 14.5. The Bertz CT molecular complexity index is 884. The van der Waals surface area contributed by atoms with Gasteiger partial charge in [-0.2, -0.15) is 5.11 Å². The fraction of sp³-hybridized carbons (Fsp3) is 0.118. The van der Waals surface area contributed by atoms with Crippen LogP contribution in [0.1, 0.15) is 0 Å². The highest BCUT2D eigenvalue weighted by molar-refractivity contribution is 6.33. The molecule has 0 fully saturated rings. The van der Waals surface area contributed by atoms with Crippen molar-refractivity contribution in [1.82, 2.24) is 9.97 Å². The SMILES string of the molecule is CN(C)c1ccc(N=Nc2ccc(N=Nc3ncc[nH]3)cc2Cl)cc1. The lowest BCUT2D eigenvalue weighted by Gasteiger charge is -2.11. The van der Waals surface area contributed by atoms with Gasteiger partial charge in [0.1, 0.15) is 5.69 Å². The topological polar surface area (TPSA) is 81.4 Å². The summed E-state index contributed by atoms with van der Waals surface area (Å²) in [5, 5.41) is 16.9. The van der Waals surface area contributed by atoms with Crippen molar-refractivity contribution in [3.63, 3.8) is 0 Å². The monoisotopic (exact) mass is 353 g/mol. The summed E-state index contributed by atoms with van der Waals surface area (Å²) in [6.45, 7) is 0. The Kier molecular flexibility index (Phi) is 5.15. The number of aromatic amines is 1. The summed E-state index contributed by atoms with van der Waals surface area (Å²) >= 11 is 6.24. The minimum atomic E-state index is 0.432. The molecule has 1 heterocycles. The average Bonchev–Trinajstić information content (AvgIpc) is 3.13. The average molecular weight is 354 g/mol. The maximum atomic E-state index is 6.24. The molecule has 0 aliphatic heterocycles. The number of benzene rings is 2. The molecule has 0 aliphatic carbocycles. The van der Waals surface area contributed by atoms with E-state index >= 15 is 0 Å². The van der Waals surface area contributed by atoms with Gasteiger partial charge in [0.2, 0.25) is 5.95 Å². The van der Waals surface area contributed by atoms with Crippen molar-refractivity contribution in [2.24, 2.45) is 20.5 Å². The van der Waals surface area contributed by atoms with Gasteiger partial charge >= 0.3 is 0 Å². The van der Waals surface area contributed by atoms with Gasteiger partial charge in [0.25, 0.3) is 0 Å². The van der Waals surface area contributed by atoms with E-state index in [0.717, 1.165) is 11.4 Å². The van der Waals surface area contributed by atoms with Gasteiger partial charge in [-0.15, -0.1) is 15.3 Å². The lowest BCUT2D eigenvalue weighted by molar-refractivity contribution is 1.12. The summed E-state index contributed by atoms with van der Waals surface area (Å²) in [5.41, 5.74) is 3.03. The number of halogens is 1. The van der Waals surface area contributed by atoms with E-state index in [-0.39, 0.29) is 0 Å². The van der Waals surface area contributed by atoms with Crippen molar-refractivity contribution in [2.45, 2.75) is 0 Å². The van der Waals surface area contributed by atoms with Gasteiger partial charge in [0.15, 0.2) is 0 Å². The molecule has 126 valence electrons. The number of nitrogens with zero attached hydrogens (tertiary/aromatic N) is 6. The molecule has 1 aromatic heterocycles. The molecule has 3 aromatic rings. The highest BCUT2D eigenvalue weighted by Gasteiger charge is 2.02. The summed E-state index contributed by atoms with van der Waals surface area (Å²) in [6, 6.07) is 13.0. The standard InChI is InChI=1S/C17H16ClN7/c1-25(2)14-6-3-12(4-7-14)21-23-16-8-5-13(11-15(16)18)22-24-17-19-9-10-20-17/h3-11H,1-2H3,(H,19,20). The molecule has 1 N–H and O–H groups in total. The summed E-state index contributed by atoms with van der Waals surface area (Å²) < 4.78 is 0. The molecule has 7 nitrogen and oxygen atoms in total. The molecule has 25 heavy (non-hydrogen) atoms. The zero-order chi connectivity index (χ0) is 17.6. The van der Waals surface area contributed by atoms with Gasteiger partial charge in [-0.1, -0.05) is 11.6 Å². The lowest BCUT2D eigenvalue weighted by Crippen LogP contribution is -2.07. The normalized spacial score (nSPS) is 11.5. The highest BCUT2D eigenvalue weighted by atomic mass is 35.5. The molecule has 0 bridgehead atoms. The molecule has 8 heteroatoms. The Balaban J connectivity index is 1.72. The Hall–Kier alpha value is -3.06. The van der Waals surface area contributed by atoms with Crippen LogP contribution in [0, 0.1) is 0 Å². The van der Waals surface area contributed by atoms with Crippen LogP contribution in [-0.4, -0.2) is 24.1 Å². The van der Waals surface area contributed by atoms with Gasteiger partial charge in [0, 0.05) is 32.2 Å². The molecular weight excluding hydrogens is 338 g/mol. The van der Waals surface area contributed by atoms with E-state index in [1.54, 1.807) is 30.6 Å². The maximum Gasteiger partial charge on any atom is 0.246 e. The van der Waals surface area contributed by atoms with E-state index in [1.807, 2.05) is 43.3 Å². The first-order valence-corrected chi connectivity index (χ1v) is 7.89. The van der Waals surface area contributed by atoms with Crippen LogP contribution in [0.3, 0.4) is 0 Å².